The molecule has 0 amide bonds. The molecule has 0 bridgehead atoms. The van der Waals surface area contributed by atoms with E-state index >= 15 is 0 Å². The van der Waals surface area contributed by atoms with Crippen molar-refractivity contribution in [3.8, 4) is 0 Å². The van der Waals surface area contributed by atoms with Crippen molar-refractivity contribution in [2.75, 3.05) is 13.6 Å². The van der Waals surface area contributed by atoms with Crippen LogP contribution in [0.25, 0.3) is 0 Å². The normalized spacial score (nSPS) is 12.6. The Morgan fingerprint density at radius 2 is 2.00 bits per heavy atom. The molecule has 1 aromatic carbocycles. The third-order valence-electron chi connectivity index (χ3n) is 3.82. The van der Waals surface area contributed by atoms with Crippen molar-refractivity contribution in [1.82, 2.24) is 4.90 Å². The molecule has 1 unspecified atom stereocenters. The van der Waals surface area contributed by atoms with E-state index in [1.54, 1.807) is 12.1 Å². The molecule has 21 heavy (non-hydrogen) atoms. The van der Waals surface area contributed by atoms with Gasteiger partial charge in [-0.15, -0.1) is 0 Å². The fraction of sp³-hybridized carbons (Fsp3) is 0.353. The number of benzene rings is 1. The molecule has 0 radical (unpaired) electrons. The van der Waals surface area contributed by atoms with Gasteiger partial charge in [-0.05, 0) is 51.1 Å². The lowest BCUT2D eigenvalue weighted by molar-refractivity contribution is 0.0695. The molecule has 2 rings (SSSR count). The van der Waals surface area contributed by atoms with Gasteiger partial charge in [0.15, 0.2) is 0 Å². The van der Waals surface area contributed by atoms with Gasteiger partial charge in [0, 0.05) is 6.54 Å². The molecule has 1 atom stereocenters. The van der Waals surface area contributed by atoms with Crippen molar-refractivity contribution in [3.63, 3.8) is 0 Å². The average Bonchev–Trinajstić information content (AvgIpc) is 2.90. The molecular weight excluding hydrogens is 266 g/mol. The van der Waals surface area contributed by atoms with Crippen molar-refractivity contribution in [2.45, 2.75) is 26.3 Å². The monoisotopic (exact) mass is 287 g/mol. The van der Waals surface area contributed by atoms with Gasteiger partial charge in [0.1, 0.15) is 11.5 Å². The van der Waals surface area contributed by atoms with Gasteiger partial charge in [0.2, 0.25) is 0 Å². The Hall–Kier alpha value is -2.07. The summed E-state index contributed by atoms with van der Waals surface area (Å²) in [5.74, 6) is 0.964. The van der Waals surface area contributed by atoms with Crippen LogP contribution in [-0.2, 0) is 6.42 Å². The molecule has 0 aliphatic rings. The van der Waals surface area contributed by atoms with Crippen LogP contribution < -0.4 is 0 Å². The van der Waals surface area contributed by atoms with E-state index in [0.717, 1.165) is 23.6 Å². The second-order valence-corrected chi connectivity index (χ2v) is 5.32. The van der Waals surface area contributed by atoms with Crippen molar-refractivity contribution in [2.24, 2.45) is 0 Å². The highest BCUT2D eigenvalue weighted by molar-refractivity contribution is 5.89. The highest BCUT2D eigenvalue weighted by Crippen LogP contribution is 2.21. The Kier molecular flexibility index (Phi) is 4.81. The smallest absolute Gasteiger partial charge is 0.335 e. The third-order valence-corrected chi connectivity index (χ3v) is 3.82. The number of rotatable bonds is 6. The zero-order chi connectivity index (χ0) is 15.4. The van der Waals surface area contributed by atoms with Crippen LogP contribution in [0.1, 0.15) is 40.4 Å². The number of aromatic carboxylic acids is 1. The molecule has 112 valence electrons. The van der Waals surface area contributed by atoms with E-state index in [4.69, 9.17) is 4.42 Å². The van der Waals surface area contributed by atoms with Crippen LogP contribution in [-0.4, -0.2) is 29.6 Å². The van der Waals surface area contributed by atoms with Gasteiger partial charge in [-0.25, -0.2) is 4.79 Å². The summed E-state index contributed by atoms with van der Waals surface area (Å²) in [5, 5.41) is 9.19. The highest BCUT2D eigenvalue weighted by atomic mass is 16.4. The molecule has 0 saturated heterocycles. The fourth-order valence-corrected chi connectivity index (χ4v) is 2.33. The van der Waals surface area contributed by atoms with Gasteiger partial charge in [-0.1, -0.05) is 18.2 Å². The van der Waals surface area contributed by atoms with Gasteiger partial charge >= 0.3 is 5.97 Å². The maximum absolute atomic E-state index is 11.2. The first kappa shape index (κ1) is 15.3. The van der Waals surface area contributed by atoms with Crippen LogP contribution in [0.5, 0.6) is 0 Å². The molecule has 0 aliphatic carbocycles. The van der Waals surface area contributed by atoms with E-state index in [0.29, 0.717) is 12.0 Å². The Labute approximate surface area is 125 Å². The number of hydrogen-bond acceptors (Lipinski definition) is 3. The van der Waals surface area contributed by atoms with Gasteiger partial charge < -0.3 is 9.52 Å². The SMILES string of the molecule is Cc1ccc(C(C)N(C)CCc2ccccc2C(=O)O)o1. The molecular formula is C17H21NO3. The Morgan fingerprint density at radius 1 is 1.29 bits per heavy atom. The minimum absolute atomic E-state index is 0.163. The van der Waals surface area contributed by atoms with E-state index < -0.39 is 5.97 Å². The molecule has 4 nitrogen and oxygen atoms in total. The van der Waals surface area contributed by atoms with Crippen molar-refractivity contribution < 1.29 is 14.3 Å². The van der Waals surface area contributed by atoms with Crippen molar-refractivity contribution in [1.29, 1.82) is 0 Å². The molecule has 1 aromatic heterocycles. The van der Waals surface area contributed by atoms with Crippen LogP contribution in [0, 0.1) is 6.92 Å². The maximum atomic E-state index is 11.2. The van der Waals surface area contributed by atoms with E-state index in [9.17, 15) is 9.90 Å². The van der Waals surface area contributed by atoms with Crippen LogP contribution in [0.2, 0.25) is 0 Å². The fourth-order valence-electron chi connectivity index (χ4n) is 2.33. The van der Waals surface area contributed by atoms with Gasteiger partial charge in [0.25, 0.3) is 0 Å². The quantitative estimate of drug-likeness (QED) is 0.883. The Balaban J connectivity index is 2.01. The minimum atomic E-state index is -0.872. The summed E-state index contributed by atoms with van der Waals surface area (Å²) in [5.41, 5.74) is 1.24. The number of hydrogen-bond donors (Lipinski definition) is 1. The minimum Gasteiger partial charge on any atom is -0.478 e. The lowest BCUT2D eigenvalue weighted by atomic mass is 10.0. The summed E-state index contributed by atoms with van der Waals surface area (Å²) in [6.45, 7) is 4.78. The van der Waals surface area contributed by atoms with Gasteiger partial charge in [-0.2, -0.15) is 0 Å². The molecule has 4 heteroatoms. The lowest BCUT2D eigenvalue weighted by Crippen LogP contribution is -2.25. The maximum Gasteiger partial charge on any atom is 0.335 e. The second kappa shape index (κ2) is 6.59. The number of furan rings is 1. The average molecular weight is 287 g/mol. The summed E-state index contributed by atoms with van der Waals surface area (Å²) < 4.78 is 5.64. The first-order chi connectivity index (χ1) is 9.99. The standard InChI is InChI=1S/C17H21NO3/c1-12-8-9-16(21-12)13(2)18(3)11-10-14-6-4-5-7-15(14)17(19)20/h4-9,13H,10-11H2,1-3H3,(H,19,20). The topological polar surface area (TPSA) is 53.7 Å². The Bertz CT molecular complexity index is 618. The summed E-state index contributed by atoms with van der Waals surface area (Å²) >= 11 is 0. The predicted molar refractivity (Wildman–Crippen MR) is 81.6 cm³/mol. The highest BCUT2D eigenvalue weighted by Gasteiger charge is 2.16. The van der Waals surface area contributed by atoms with Crippen LogP contribution in [0.3, 0.4) is 0 Å². The molecule has 0 saturated carbocycles. The number of likely N-dealkylation sites (N-methyl/N-ethyl adjacent to an activating group) is 1. The van der Waals surface area contributed by atoms with Gasteiger partial charge in [-0.3, -0.25) is 4.90 Å². The molecule has 0 aliphatic heterocycles. The van der Waals surface area contributed by atoms with Gasteiger partial charge in [0.05, 0.1) is 11.6 Å². The van der Waals surface area contributed by atoms with E-state index in [2.05, 4.69) is 11.8 Å². The van der Waals surface area contributed by atoms with E-state index in [1.165, 1.54) is 0 Å². The summed E-state index contributed by atoms with van der Waals surface area (Å²) in [4.78, 5) is 13.4. The number of carboxylic acid groups (broad SMARTS) is 1. The van der Waals surface area contributed by atoms with Crippen LogP contribution in [0.4, 0.5) is 0 Å². The van der Waals surface area contributed by atoms with Crippen LogP contribution >= 0.6 is 0 Å². The first-order valence-electron chi connectivity index (χ1n) is 7.07. The molecule has 0 spiro atoms. The molecule has 0 fully saturated rings. The number of carboxylic acids is 1. The predicted octanol–water partition coefficient (Wildman–Crippen LogP) is 3.52. The van der Waals surface area contributed by atoms with Crippen LogP contribution in [0.15, 0.2) is 40.8 Å². The molecule has 2 aromatic rings. The summed E-state index contributed by atoms with van der Waals surface area (Å²) in [7, 11) is 2.02. The zero-order valence-electron chi connectivity index (χ0n) is 12.7. The summed E-state index contributed by atoms with van der Waals surface area (Å²) in [6, 6.07) is 11.3. The molecule has 1 N–H and O–H groups in total. The first-order valence-corrected chi connectivity index (χ1v) is 7.07. The van der Waals surface area contributed by atoms with Crippen molar-refractivity contribution >= 4 is 5.97 Å². The zero-order valence-corrected chi connectivity index (χ0v) is 12.7. The second-order valence-electron chi connectivity index (χ2n) is 5.32. The number of carbonyl (C=O) groups is 1. The lowest BCUT2D eigenvalue weighted by Gasteiger charge is -2.23. The molecule has 1 heterocycles. The van der Waals surface area contributed by atoms with E-state index in [-0.39, 0.29) is 6.04 Å². The summed E-state index contributed by atoms with van der Waals surface area (Å²) in [6.07, 6.45) is 0.697. The number of aryl methyl sites for hydroxylation is 1. The van der Waals surface area contributed by atoms with Crippen molar-refractivity contribution in [3.05, 3.63) is 59.0 Å². The Morgan fingerprint density at radius 3 is 2.62 bits per heavy atom. The largest absolute Gasteiger partial charge is 0.478 e. The number of nitrogens with zero attached hydrogens (tertiary/aromatic N) is 1. The van der Waals surface area contributed by atoms with E-state index in [1.807, 2.05) is 38.2 Å². The third kappa shape index (κ3) is 3.73.